The second-order valence-corrected chi connectivity index (χ2v) is 5.94. The highest BCUT2D eigenvalue weighted by Crippen LogP contribution is 2.39. The van der Waals surface area contributed by atoms with E-state index in [1.165, 1.54) is 5.56 Å². The van der Waals surface area contributed by atoms with Crippen molar-refractivity contribution >= 4 is 27.5 Å². The molecule has 0 spiro atoms. The van der Waals surface area contributed by atoms with Gasteiger partial charge in [-0.2, -0.15) is 0 Å². The van der Waals surface area contributed by atoms with Gasteiger partial charge in [-0.1, -0.05) is 35.9 Å². The van der Waals surface area contributed by atoms with Gasteiger partial charge in [-0.15, -0.1) is 0 Å². The molecular weight excluding hydrogens is 284 g/mol. The molecule has 5 rings (SSSR count). The van der Waals surface area contributed by atoms with Crippen molar-refractivity contribution in [2.45, 2.75) is 6.92 Å². The Morgan fingerprint density at radius 2 is 1.70 bits per heavy atom. The second kappa shape index (κ2) is 4.23. The minimum absolute atomic E-state index is 0.0208. The van der Waals surface area contributed by atoms with E-state index in [2.05, 4.69) is 24.0 Å². The summed E-state index contributed by atoms with van der Waals surface area (Å²) >= 11 is 0. The van der Waals surface area contributed by atoms with Crippen LogP contribution in [-0.2, 0) is 0 Å². The molecular formula is C20H12N2O. The van der Waals surface area contributed by atoms with E-state index >= 15 is 0 Å². The van der Waals surface area contributed by atoms with Crippen molar-refractivity contribution in [1.29, 1.82) is 0 Å². The summed E-state index contributed by atoms with van der Waals surface area (Å²) < 4.78 is 0. The van der Waals surface area contributed by atoms with Crippen LogP contribution in [0.1, 0.15) is 21.6 Å². The first kappa shape index (κ1) is 12.5. The first-order chi connectivity index (χ1) is 11.2. The van der Waals surface area contributed by atoms with E-state index in [9.17, 15) is 4.79 Å². The molecule has 0 radical (unpaired) electrons. The molecule has 2 aromatic carbocycles. The number of carbonyl (C=O) groups is 1. The lowest BCUT2D eigenvalue weighted by Gasteiger charge is -2.19. The Morgan fingerprint density at radius 3 is 2.57 bits per heavy atom. The number of aromatic nitrogens is 2. The van der Waals surface area contributed by atoms with Crippen LogP contribution in [0.15, 0.2) is 54.7 Å². The van der Waals surface area contributed by atoms with Crippen LogP contribution >= 0.6 is 0 Å². The molecule has 0 amide bonds. The van der Waals surface area contributed by atoms with Crippen molar-refractivity contribution < 1.29 is 4.79 Å². The van der Waals surface area contributed by atoms with Crippen LogP contribution < -0.4 is 0 Å². The van der Waals surface area contributed by atoms with Gasteiger partial charge in [-0.25, -0.2) is 4.98 Å². The average Bonchev–Trinajstić information content (AvgIpc) is 2.59. The SMILES string of the molecule is Cc1ccc2nc3c4c(nccc4c2c1)C(=O)c1ccccc1-3. The van der Waals surface area contributed by atoms with Crippen molar-refractivity contribution in [3.63, 3.8) is 0 Å². The molecule has 2 heterocycles. The number of pyridine rings is 2. The Labute approximate surface area is 132 Å². The maximum absolute atomic E-state index is 12.8. The van der Waals surface area contributed by atoms with Gasteiger partial charge in [0.2, 0.25) is 5.78 Å². The Hall–Kier alpha value is -3.07. The molecule has 0 N–H and O–H groups in total. The highest BCUT2D eigenvalue weighted by atomic mass is 16.1. The minimum atomic E-state index is -0.0208. The van der Waals surface area contributed by atoms with Gasteiger partial charge in [0.05, 0.1) is 11.2 Å². The number of carbonyl (C=O) groups excluding carboxylic acids is 1. The summed E-state index contributed by atoms with van der Waals surface area (Å²) in [7, 11) is 0. The van der Waals surface area contributed by atoms with Gasteiger partial charge < -0.3 is 0 Å². The number of benzene rings is 2. The topological polar surface area (TPSA) is 42.9 Å². The van der Waals surface area contributed by atoms with Gasteiger partial charge in [0, 0.05) is 28.1 Å². The van der Waals surface area contributed by atoms with E-state index in [0.29, 0.717) is 11.3 Å². The fourth-order valence-electron chi connectivity index (χ4n) is 3.45. The number of aryl methyl sites for hydroxylation is 1. The summed E-state index contributed by atoms with van der Waals surface area (Å²) in [4.78, 5) is 22.0. The molecule has 3 nitrogen and oxygen atoms in total. The summed E-state index contributed by atoms with van der Waals surface area (Å²) in [6, 6.07) is 15.8. The molecule has 108 valence electrons. The van der Waals surface area contributed by atoms with Crippen LogP contribution in [0.25, 0.3) is 32.9 Å². The summed E-state index contributed by atoms with van der Waals surface area (Å²) in [5.41, 5.74) is 5.06. The molecule has 23 heavy (non-hydrogen) atoms. The lowest BCUT2D eigenvalue weighted by atomic mass is 9.87. The van der Waals surface area contributed by atoms with Gasteiger partial charge in [0.15, 0.2) is 0 Å². The molecule has 0 saturated carbocycles. The second-order valence-electron chi connectivity index (χ2n) is 5.94. The van der Waals surface area contributed by atoms with Crippen LogP contribution in [0.2, 0.25) is 0 Å². The number of nitrogens with zero attached hydrogens (tertiary/aromatic N) is 2. The number of fused-ring (bicyclic) bond motifs is 4. The quantitative estimate of drug-likeness (QED) is 0.400. The largest absolute Gasteiger partial charge is 0.287 e. The molecule has 0 unspecified atom stereocenters. The molecule has 1 aliphatic rings. The van der Waals surface area contributed by atoms with Gasteiger partial charge in [0.25, 0.3) is 0 Å². The monoisotopic (exact) mass is 296 g/mol. The van der Waals surface area contributed by atoms with Crippen molar-refractivity contribution in [3.05, 3.63) is 71.5 Å². The predicted octanol–water partition coefficient (Wildman–Crippen LogP) is 4.30. The third-order valence-corrected chi connectivity index (χ3v) is 4.50. The fraction of sp³-hybridized carbons (Fsp3) is 0.0500. The number of hydrogen-bond acceptors (Lipinski definition) is 3. The summed E-state index contributed by atoms with van der Waals surface area (Å²) in [6.07, 6.45) is 1.72. The Bertz CT molecular complexity index is 1150. The van der Waals surface area contributed by atoms with E-state index < -0.39 is 0 Å². The molecule has 0 atom stereocenters. The maximum Gasteiger partial charge on any atom is 0.212 e. The van der Waals surface area contributed by atoms with Gasteiger partial charge in [0.1, 0.15) is 5.69 Å². The van der Waals surface area contributed by atoms with Crippen LogP contribution in [0.4, 0.5) is 0 Å². The average molecular weight is 296 g/mol. The number of rotatable bonds is 0. The third kappa shape index (κ3) is 1.56. The van der Waals surface area contributed by atoms with Crippen LogP contribution in [0.5, 0.6) is 0 Å². The van der Waals surface area contributed by atoms with Crippen LogP contribution in [-0.4, -0.2) is 15.8 Å². The highest BCUT2D eigenvalue weighted by molar-refractivity contribution is 6.27. The van der Waals surface area contributed by atoms with E-state index in [1.807, 2.05) is 36.4 Å². The smallest absolute Gasteiger partial charge is 0.212 e. The van der Waals surface area contributed by atoms with E-state index in [-0.39, 0.29) is 5.78 Å². The maximum atomic E-state index is 12.8. The standard InChI is InChI=1S/C20H12N2O/c1-11-6-7-16-15(10-11)12-8-9-21-19-17(12)18(22-16)13-4-2-3-5-14(13)20(19)23/h2-10H,1H3. The van der Waals surface area contributed by atoms with Crippen molar-refractivity contribution in [3.8, 4) is 11.3 Å². The molecule has 3 heteroatoms. The van der Waals surface area contributed by atoms with Crippen molar-refractivity contribution in [1.82, 2.24) is 9.97 Å². The zero-order valence-corrected chi connectivity index (χ0v) is 12.5. The molecule has 1 aliphatic carbocycles. The van der Waals surface area contributed by atoms with E-state index in [0.717, 1.165) is 32.9 Å². The first-order valence-corrected chi connectivity index (χ1v) is 7.57. The van der Waals surface area contributed by atoms with Gasteiger partial charge in [-0.3, -0.25) is 9.78 Å². The highest BCUT2D eigenvalue weighted by Gasteiger charge is 2.27. The number of hydrogen-bond donors (Lipinski definition) is 0. The Balaban J connectivity index is 2.08. The summed E-state index contributed by atoms with van der Waals surface area (Å²) in [6.45, 7) is 2.06. The van der Waals surface area contributed by atoms with Crippen LogP contribution in [0.3, 0.4) is 0 Å². The fourth-order valence-corrected chi connectivity index (χ4v) is 3.45. The Morgan fingerprint density at radius 1 is 0.870 bits per heavy atom. The van der Waals surface area contributed by atoms with Gasteiger partial charge >= 0.3 is 0 Å². The molecule has 0 fully saturated rings. The summed E-state index contributed by atoms with van der Waals surface area (Å²) in [5, 5.41) is 2.98. The van der Waals surface area contributed by atoms with E-state index in [4.69, 9.17) is 4.98 Å². The Kier molecular flexibility index (Phi) is 2.29. The predicted molar refractivity (Wildman–Crippen MR) is 90.6 cm³/mol. The zero-order chi connectivity index (χ0) is 15.6. The third-order valence-electron chi connectivity index (χ3n) is 4.50. The minimum Gasteiger partial charge on any atom is -0.287 e. The molecule has 0 bridgehead atoms. The molecule has 4 aromatic rings. The molecule has 0 saturated heterocycles. The first-order valence-electron chi connectivity index (χ1n) is 7.57. The lowest BCUT2D eigenvalue weighted by Crippen LogP contribution is -2.12. The molecule has 2 aromatic heterocycles. The lowest BCUT2D eigenvalue weighted by molar-refractivity contribution is 0.103. The van der Waals surface area contributed by atoms with E-state index in [1.54, 1.807) is 6.20 Å². The van der Waals surface area contributed by atoms with Gasteiger partial charge in [-0.05, 0) is 30.5 Å². The summed E-state index contributed by atoms with van der Waals surface area (Å²) in [5.74, 6) is -0.0208. The normalized spacial score (nSPS) is 12.7. The number of ketones is 1. The van der Waals surface area contributed by atoms with Crippen molar-refractivity contribution in [2.75, 3.05) is 0 Å². The van der Waals surface area contributed by atoms with Crippen molar-refractivity contribution in [2.24, 2.45) is 0 Å². The molecule has 0 aliphatic heterocycles. The zero-order valence-electron chi connectivity index (χ0n) is 12.5. The van der Waals surface area contributed by atoms with Crippen LogP contribution in [0, 0.1) is 6.92 Å².